The van der Waals surface area contributed by atoms with Gasteiger partial charge in [-0.25, -0.2) is 0 Å². The van der Waals surface area contributed by atoms with Gasteiger partial charge in [-0.3, -0.25) is 4.98 Å². The van der Waals surface area contributed by atoms with Crippen LogP contribution in [0.25, 0.3) is 0 Å². The first-order valence-corrected chi connectivity index (χ1v) is 7.03. The topological polar surface area (TPSA) is 34.1 Å². The normalized spacial score (nSPS) is 12.4. The molecule has 3 nitrogen and oxygen atoms in total. The van der Waals surface area contributed by atoms with Crippen molar-refractivity contribution in [3.05, 3.63) is 22.9 Å². The molecule has 1 unspecified atom stereocenters. The second kappa shape index (κ2) is 8.48. The fourth-order valence-electron chi connectivity index (χ4n) is 1.61. The maximum atomic E-state index is 5.93. The molecule has 0 spiro atoms. The van der Waals surface area contributed by atoms with Crippen molar-refractivity contribution in [1.82, 2.24) is 10.3 Å². The van der Waals surface area contributed by atoms with E-state index in [1.807, 2.05) is 6.07 Å². The average Bonchev–Trinajstić information content (AvgIpc) is 2.29. The van der Waals surface area contributed by atoms with E-state index >= 15 is 0 Å². The van der Waals surface area contributed by atoms with Crippen LogP contribution in [0.2, 0.25) is 0 Å². The highest BCUT2D eigenvalue weighted by Crippen LogP contribution is 2.18. The van der Waals surface area contributed by atoms with Gasteiger partial charge in [0.1, 0.15) is 11.9 Å². The Kier molecular flexibility index (Phi) is 7.21. The lowest BCUT2D eigenvalue weighted by molar-refractivity contribution is 0.186. The molecule has 0 aliphatic heterocycles. The number of rotatable bonds is 8. The van der Waals surface area contributed by atoms with Gasteiger partial charge in [0.15, 0.2) is 0 Å². The van der Waals surface area contributed by atoms with E-state index in [1.165, 1.54) is 0 Å². The summed E-state index contributed by atoms with van der Waals surface area (Å²) in [5.41, 5.74) is 0. The Labute approximate surface area is 112 Å². The van der Waals surface area contributed by atoms with Gasteiger partial charge in [0.2, 0.25) is 0 Å². The molecule has 1 heterocycles. The standard InChI is InChI=1S/C13H21BrN2O/c1-3-5-12(9-15-6-4-2)17-13-7-11(14)8-16-10-13/h7-8,10,12,15H,3-6,9H2,1-2H3. The first-order valence-electron chi connectivity index (χ1n) is 6.24. The van der Waals surface area contributed by atoms with Gasteiger partial charge >= 0.3 is 0 Å². The summed E-state index contributed by atoms with van der Waals surface area (Å²) in [6.07, 6.45) is 7.08. The fraction of sp³-hybridized carbons (Fsp3) is 0.615. The minimum Gasteiger partial charge on any atom is -0.487 e. The molecule has 0 saturated heterocycles. The van der Waals surface area contributed by atoms with E-state index < -0.39 is 0 Å². The minimum absolute atomic E-state index is 0.225. The molecule has 1 atom stereocenters. The number of hydrogen-bond acceptors (Lipinski definition) is 3. The third-order valence-corrected chi connectivity index (χ3v) is 2.83. The maximum absolute atomic E-state index is 5.93. The highest BCUT2D eigenvalue weighted by Gasteiger charge is 2.09. The summed E-state index contributed by atoms with van der Waals surface area (Å²) < 4.78 is 6.88. The lowest BCUT2D eigenvalue weighted by Gasteiger charge is -2.19. The molecule has 0 aliphatic carbocycles. The summed E-state index contributed by atoms with van der Waals surface area (Å²) in [4.78, 5) is 4.10. The molecule has 4 heteroatoms. The molecule has 0 aromatic carbocycles. The van der Waals surface area contributed by atoms with Gasteiger partial charge in [-0.2, -0.15) is 0 Å². The SMILES string of the molecule is CCCNCC(CCC)Oc1cncc(Br)c1. The van der Waals surface area contributed by atoms with E-state index in [1.54, 1.807) is 12.4 Å². The van der Waals surface area contributed by atoms with Crippen molar-refractivity contribution in [2.75, 3.05) is 13.1 Å². The number of hydrogen-bond donors (Lipinski definition) is 1. The second-order valence-electron chi connectivity index (χ2n) is 4.07. The highest BCUT2D eigenvalue weighted by molar-refractivity contribution is 9.10. The number of aromatic nitrogens is 1. The van der Waals surface area contributed by atoms with Crippen molar-refractivity contribution < 1.29 is 4.74 Å². The van der Waals surface area contributed by atoms with Crippen LogP contribution >= 0.6 is 15.9 Å². The number of nitrogens with one attached hydrogen (secondary N) is 1. The molecule has 0 amide bonds. The van der Waals surface area contributed by atoms with Gasteiger partial charge in [-0.05, 0) is 41.4 Å². The Balaban J connectivity index is 2.47. The average molecular weight is 301 g/mol. The van der Waals surface area contributed by atoms with Crippen LogP contribution in [0.4, 0.5) is 0 Å². The van der Waals surface area contributed by atoms with Crippen LogP contribution in [-0.2, 0) is 0 Å². The van der Waals surface area contributed by atoms with Crippen LogP contribution < -0.4 is 10.1 Å². The van der Waals surface area contributed by atoms with Gasteiger partial charge in [0.05, 0.1) is 6.20 Å². The lowest BCUT2D eigenvalue weighted by atomic mass is 10.2. The van der Waals surface area contributed by atoms with Gasteiger partial charge in [0, 0.05) is 17.2 Å². The molecule has 0 fully saturated rings. The number of ether oxygens (including phenoxy) is 1. The Hall–Kier alpha value is -0.610. The quantitative estimate of drug-likeness (QED) is 0.747. The Bertz CT molecular complexity index is 320. The van der Waals surface area contributed by atoms with Crippen molar-refractivity contribution in [3.8, 4) is 5.75 Å². The molecule has 1 N–H and O–H groups in total. The Morgan fingerprint density at radius 2 is 2.18 bits per heavy atom. The monoisotopic (exact) mass is 300 g/mol. The molecular formula is C13H21BrN2O. The molecule has 0 radical (unpaired) electrons. The highest BCUT2D eigenvalue weighted by atomic mass is 79.9. The molecular weight excluding hydrogens is 280 g/mol. The largest absolute Gasteiger partial charge is 0.487 e. The molecule has 17 heavy (non-hydrogen) atoms. The van der Waals surface area contributed by atoms with E-state index in [4.69, 9.17) is 4.74 Å². The van der Waals surface area contributed by atoms with Crippen LogP contribution in [0.1, 0.15) is 33.1 Å². The molecule has 1 rings (SSSR count). The van der Waals surface area contributed by atoms with Crippen LogP contribution in [0.15, 0.2) is 22.9 Å². The summed E-state index contributed by atoms with van der Waals surface area (Å²) in [7, 11) is 0. The maximum Gasteiger partial charge on any atom is 0.139 e. The van der Waals surface area contributed by atoms with Crippen molar-refractivity contribution in [3.63, 3.8) is 0 Å². The van der Waals surface area contributed by atoms with Crippen molar-refractivity contribution >= 4 is 15.9 Å². The van der Waals surface area contributed by atoms with E-state index in [2.05, 4.69) is 40.1 Å². The predicted octanol–water partition coefficient (Wildman–Crippen LogP) is 3.39. The fourth-order valence-corrected chi connectivity index (χ4v) is 1.96. The zero-order valence-corrected chi connectivity index (χ0v) is 12.2. The van der Waals surface area contributed by atoms with Crippen molar-refractivity contribution in [2.24, 2.45) is 0 Å². The molecule has 1 aromatic rings. The zero-order chi connectivity index (χ0) is 12.5. The smallest absolute Gasteiger partial charge is 0.139 e. The summed E-state index contributed by atoms with van der Waals surface area (Å²) in [6.45, 7) is 6.28. The number of nitrogens with zero attached hydrogens (tertiary/aromatic N) is 1. The lowest BCUT2D eigenvalue weighted by Crippen LogP contribution is -2.31. The van der Waals surface area contributed by atoms with Gasteiger partial charge in [-0.1, -0.05) is 20.3 Å². The number of halogens is 1. The Morgan fingerprint density at radius 1 is 1.35 bits per heavy atom. The van der Waals surface area contributed by atoms with Crippen LogP contribution in [0, 0.1) is 0 Å². The third-order valence-electron chi connectivity index (χ3n) is 2.39. The first kappa shape index (κ1) is 14.5. The zero-order valence-electron chi connectivity index (χ0n) is 10.6. The Morgan fingerprint density at radius 3 is 2.82 bits per heavy atom. The summed E-state index contributed by atoms with van der Waals surface area (Å²) in [5, 5.41) is 3.40. The predicted molar refractivity (Wildman–Crippen MR) is 74.4 cm³/mol. The molecule has 1 aromatic heterocycles. The molecule has 0 aliphatic rings. The third kappa shape index (κ3) is 6.03. The molecule has 96 valence electrons. The van der Waals surface area contributed by atoms with E-state index in [0.717, 1.165) is 42.6 Å². The molecule has 0 saturated carbocycles. The minimum atomic E-state index is 0.225. The summed E-state index contributed by atoms with van der Waals surface area (Å²) >= 11 is 3.40. The second-order valence-corrected chi connectivity index (χ2v) is 4.99. The van der Waals surface area contributed by atoms with Crippen LogP contribution in [-0.4, -0.2) is 24.2 Å². The van der Waals surface area contributed by atoms with E-state index in [-0.39, 0.29) is 6.10 Å². The summed E-state index contributed by atoms with van der Waals surface area (Å²) in [5.74, 6) is 0.830. The van der Waals surface area contributed by atoms with E-state index in [9.17, 15) is 0 Å². The van der Waals surface area contributed by atoms with Crippen LogP contribution in [0.3, 0.4) is 0 Å². The van der Waals surface area contributed by atoms with Crippen molar-refractivity contribution in [2.45, 2.75) is 39.2 Å². The van der Waals surface area contributed by atoms with Crippen LogP contribution in [0.5, 0.6) is 5.75 Å². The van der Waals surface area contributed by atoms with Crippen molar-refractivity contribution in [1.29, 1.82) is 0 Å². The van der Waals surface area contributed by atoms with E-state index in [0.29, 0.717) is 0 Å². The van der Waals surface area contributed by atoms with Gasteiger partial charge in [-0.15, -0.1) is 0 Å². The van der Waals surface area contributed by atoms with Gasteiger partial charge in [0.25, 0.3) is 0 Å². The first-order chi connectivity index (χ1) is 8.26. The number of pyridine rings is 1. The summed E-state index contributed by atoms with van der Waals surface area (Å²) in [6, 6.07) is 1.95. The van der Waals surface area contributed by atoms with Gasteiger partial charge < -0.3 is 10.1 Å². The molecule has 0 bridgehead atoms.